The van der Waals surface area contributed by atoms with Crippen LogP contribution in [0.3, 0.4) is 0 Å². The number of nitrogens with one attached hydrogen (secondary N) is 1. The zero-order valence-corrected chi connectivity index (χ0v) is 7.92. The molecule has 0 aliphatic heterocycles. The summed E-state index contributed by atoms with van der Waals surface area (Å²) in [6.45, 7) is 2.75. The van der Waals surface area contributed by atoms with Crippen molar-refractivity contribution < 1.29 is 4.79 Å². The molecular formula is C10H16N2O. The maximum atomic E-state index is 11.4. The molecule has 72 valence electrons. The summed E-state index contributed by atoms with van der Waals surface area (Å²) >= 11 is 0. The van der Waals surface area contributed by atoms with Crippen molar-refractivity contribution in [1.29, 1.82) is 0 Å². The van der Waals surface area contributed by atoms with E-state index in [4.69, 9.17) is 5.73 Å². The van der Waals surface area contributed by atoms with Crippen molar-refractivity contribution >= 4 is 5.91 Å². The van der Waals surface area contributed by atoms with Crippen LogP contribution in [-0.4, -0.2) is 18.5 Å². The Morgan fingerprint density at radius 3 is 3.15 bits per heavy atom. The van der Waals surface area contributed by atoms with Gasteiger partial charge in [-0.05, 0) is 12.8 Å². The summed E-state index contributed by atoms with van der Waals surface area (Å²) in [6.07, 6.45) is 7.35. The molecule has 1 atom stereocenters. The molecule has 3 nitrogen and oxygen atoms in total. The van der Waals surface area contributed by atoms with E-state index in [0.717, 1.165) is 19.4 Å². The number of hydrogen-bond acceptors (Lipinski definition) is 2. The number of rotatable bonds is 3. The smallest absolute Gasteiger partial charge is 0.251 e. The summed E-state index contributed by atoms with van der Waals surface area (Å²) in [4.78, 5) is 11.4. The summed E-state index contributed by atoms with van der Waals surface area (Å²) in [7, 11) is 0. The van der Waals surface area contributed by atoms with Gasteiger partial charge in [-0.25, -0.2) is 0 Å². The summed E-state index contributed by atoms with van der Waals surface area (Å²) < 4.78 is 0. The van der Waals surface area contributed by atoms with Crippen LogP contribution in [0, 0.1) is 0 Å². The topological polar surface area (TPSA) is 55.1 Å². The number of carbonyl (C=O) groups excluding carboxylic acids is 1. The average Bonchev–Trinajstić information content (AvgIpc) is 2.14. The molecule has 0 aromatic heterocycles. The molecule has 0 radical (unpaired) electrons. The second-order valence-corrected chi connectivity index (χ2v) is 3.18. The zero-order valence-electron chi connectivity index (χ0n) is 7.92. The van der Waals surface area contributed by atoms with Gasteiger partial charge in [-0.2, -0.15) is 0 Å². The quantitative estimate of drug-likeness (QED) is 0.672. The molecule has 0 saturated carbocycles. The van der Waals surface area contributed by atoms with Gasteiger partial charge in [0.15, 0.2) is 0 Å². The monoisotopic (exact) mass is 180 g/mol. The van der Waals surface area contributed by atoms with E-state index < -0.39 is 0 Å². The summed E-state index contributed by atoms with van der Waals surface area (Å²) in [5.41, 5.74) is 6.37. The van der Waals surface area contributed by atoms with Gasteiger partial charge in [-0.15, -0.1) is 0 Å². The van der Waals surface area contributed by atoms with E-state index in [1.807, 2.05) is 25.2 Å². The lowest BCUT2D eigenvalue weighted by Crippen LogP contribution is -2.28. The summed E-state index contributed by atoms with van der Waals surface area (Å²) in [5.74, 6) is -0.0201. The van der Waals surface area contributed by atoms with E-state index in [1.54, 1.807) is 0 Å². The van der Waals surface area contributed by atoms with E-state index in [2.05, 4.69) is 5.32 Å². The molecule has 0 bridgehead atoms. The van der Waals surface area contributed by atoms with Crippen LogP contribution >= 0.6 is 0 Å². The lowest BCUT2D eigenvalue weighted by atomic mass is 10.0. The van der Waals surface area contributed by atoms with E-state index in [0.29, 0.717) is 5.57 Å². The van der Waals surface area contributed by atoms with Gasteiger partial charge in [-0.1, -0.05) is 25.2 Å². The molecule has 3 N–H and O–H groups in total. The third-order valence-corrected chi connectivity index (χ3v) is 1.90. The van der Waals surface area contributed by atoms with Crippen molar-refractivity contribution in [3.63, 3.8) is 0 Å². The van der Waals surface area contributed by atoms with Crippen molar-refractivity contribution in [3.05, 3.63) is 23.8 Å². The lowest BCUT2D eigenvalue weighted by Gasteiger charge is -2.11. The van der Waals surface area contributed by atoms with Gasteiger partial charge < -0.3 is 11.1 Å². The van der Waals surface area contributed by atoms with Gasteiger partial charge in [-0.3, -0.25) is 4.79 Å². The molecule has 1 aliphatic carbocycles. The Balaban J connectivity index is 2.51. The van der Waals surface area contributed by atoms with Gasteiger partial charge in [0.1, 0.15) is 0 Å². The Labute approximate surface area is 78.7 Å². The first-order valence-electron chi connectivity index (χ1n) is 4.66. The van der Waals surface area contributed by atoms with Crippen LogP contribution < -0.4 is 11.1 Å². The van der Waals surface area contributed by atoms with Crippen molar-refractivity contribution in [1.82, 2.24) is 5.32 Å². The molecule has 0 spiro atoms. The molecule has 0 saturated heterocycles. The van der Waals surface area contributed by atoms with Crippen LogP contribution in [0.2, 0.25) is 0 Å². The number of carbonyl (C=O) groups is 1. The van der Waals surface area contributed by atoms with Crippen molar-refractivity contribution in [2.24, 2.45) is 5.73 Å². The fourth-order valence-electron chi connectivity index (χ4n) is 1.20. The second-order valence-electron chi connectivity index (χ2n) is 3.18. The Hall–Kier alpha value is -1.09. The largest absolute Gasteiger partial charge is 0.352 e. The van der Waals surface area contributed by atoms with E-state index >= 15 is 0 Å². The predicted molar refractivity (Wildman–Crippen MR) is 53.1 cm³/mol. The van der Waals surface area contributed by atoms with Crippen LogP contribution in [0.5, 0.6) is 0 Å². The molecule has 0 aromatic rings. The third kappa shape index (κ3) is 3.03. The van der Waals surface area contributed by atoms with E-state index in [-0.39, 0.29) is 11.9 Å². The van der Waals surface area contributed by atoms with Gasteiger partial charge in [0.25, 0.3) is 5.91 Å². The normalized spacial score (nSPS) is 21.1. The first-order valence-corrected chi connectivity index (χ1v) is 4.66. The fourth-order valence-corrected chi connectivity index (χ4v) is 1.20. The second kappa shape index (κ2) is 4.82. The minimum atomic E-state index is -0.0201. The van der Waals surface area contributed by atoms with Crippen molar-refractivity contribution in [3.8, 4) is 0 Å². The zero-order chi connectivity index (χ0) is 9.68. The number of nitrogens with two attached hydrogens (primary N) is 1. The standard InChI is InChI=1S/C10H16N2O/c1-2-6-12-10(13)8-4-3-5-9(11)7-8/h3-4,7,9H,2,5-6,11H2,1H3,(H,12,13). The molecular weight excluding hydrogens is 164 g/mol. The number of hydrogen-bond donors (Lipinski definition) is 2. The van der Waals surface area contributed by atoms with E-state index in [9.17, 15) is 4.79 Å². The molecule has 1 rings (SSSR count). The molecule has 0 heterocycles. The number of amides is 1. The van der Waals surface area contributed by atoms with Crippen LogP contribution in [0.4, 0.5) is 0 Å². The van der Waals surface area contributed by atoms with Gasteiger partial charge in [0.2, 0.25) is 0 Å². The van der Waals surface area contributed by atoms with Crippen molar-refractivity contribution in [2.45, 2.75) is 25.8 Å². The first-order chi connectivity index (χ1) is 6.24. The maximum absolute atomic E-state index is 11.4. The Kier molecular flexibility index (Phi) is 3.71. The molecule has 0 aromatic carbocycles. The Morgan fingerprint density at radius 2 is 2.54 bits per heavy atom. The minimum absolute atomic E-state index is 0.00706. The van der Waals surface area contributed by atoms with E-state index in [1.165, 1.54) is 0 Å². The SMILES string of the molecule is CCCNC(=O)C1=CC(N)CC=C1. The highest BCUT2D eigenvalue weighted by atomic mass is 16.1. The molecule has 13 heavy (non-hydrogen) atoms. The lowest BCUT2D eigenvalue weighted by molar-refractivity contribution is -0.117. The van der Waals surface area contributed by atoms with Crippen LogP contribution in [0.1, 0.15) is 19.8 Å². The molecule has 1 aliphatic rings. The molecule has 1 unspecified atom stereocenters. The van der Waals surface area contributed by atoms with Gasteiger partial charge in [0, 0.05) is 18.2 Å². The van der Waals surface area contributed by atoms with Crippen LogP contribution in [-0.2, 0) is 4.79 Å². The highest BCUT2D eigenvalue weighted by Gasteiger charge is 2.10. The fraction of sp³-hybridized carbons (Fsp3) is 0.500. The van der Waals surface area contributed by atoms with Crippen LogP contribution in [0.15, 0.2) is 23.8 Å². The maximum Gasteiger partial charge on any atom is 0.251 e. The summed E-state index contributed by atoms with van der Waals surface area (Å²) in [6, 6.07) is -0.00706. The van der Waals surface area contributed by atoms with Gasteiger partial charge >= 0.3 is 0 Å². The van der Waals surface area contributed by atoms with Gasteiger partial charge in [0.05, 0.1) is 0 Å². The Bertz CT molecular complexity index is 243. The highest BCUT2D eigenvalue weighted by Crippen LogP contribution is 2.08. The molecule has 3 heteroatoms. The van der Waals surface area contributed by atoms with Crippen LogP contribution in [0.25, 0.3) is 0 Å². The average molecular weight is 180 g/mol. The summed E-state index contributed by atoms with van der Waals surface area (Å²) in [5, 5.41) is 2.81. The minimum Gasteiger partial charge on any atom is -0.352 e. The first kappa shape index (κ1) is 9.99. The predicted octanol–water partition coefficient (Wildman–Crippen LogP) is 0.726. The molecule has 1 amide bonds. The third-order valence-electron chi connectivity index (χ3n) is 1.90. The molecule has 0 fully saturated rings. The Morgan fingerprint density at radius 1 is 1.77 bits per heavy atom. The highest BCUT2D eigenvalue weighted by molar-refractivity contribution is 5.96. The van der Waals surface area contributed by atoms with Crippen molar-refractivity contribution in [2.75, 3.05) is 6.54 Å².